The molecular formula is C24H28N4O5S. The predicted molar refractivity (Wildman–Crippen MR) is 134 cm³/mol. The molecule has 34 heavy (non-hydrogen) atoms. The Balaban J connectivity index is 1.84. The number of benzene rings is 2. The summed E-state index contributed by atoms with van der Waals surface area (Å²) < 4.78 is 5.92. The molecule has 0 bridgehead atoms. The van der Waals surface area contributed by atoms with Gasteiger partial charge in [0, 0.05) is 18.0 Å². The van der Waals surface area contributed by atoms with Crippen LogP contribution < -0.4 is 26.6 Å². The molecule has 3 N–H and O–H groups in total. The van der Waals surface area contributed by atoms with E-state index in [1.807, 2.05) is 24.3 Å². The molecule has 9 nitrogen and oxygen atoms in total. The number of carbonyl (C=O) groups is 2. The molecule has 0 saturated carbocycles. The van der Waals surface area contributed by atoms with Gasteiger partial charge in [-0.2, -0.15) is 0 Å². The Morgan fingerprint density at radius 2 is 1.65 bits per heavy atom. The third kappa shape index (κ3) is 6.16. The van der Waals surface area contributed by atoms with Crippen molar-refractivity contribution in [3.63, 3.8) is 0 Å². The van der Waals surface area contributed by atoms with E-state index in [1.54, 1.807) is 24.3 Å². The number of methoxy groups -OCH3 is 1. The van der Waals surface area contributed by atoms with Crippen LogP contribution >= 0.6 is 10.0 Å². The van der Waals surface area contributed by atoms with E-state index in [0.29, 0.717) is 17.0 Å². The molecule has 1 unspecified atom stereocenters. The maximum atomic E-state index is 13.2. The second-order valence-electron chi connectivity index (χ2n) is 8.33. The summed E-state index contributed by atoms with van der Waals surface area (Å²) in [5, 5.41) is 5.46. The summed E-state index contributed by atoms with van der Waals surface area (Å²) in [5.41, 5.74) is -0.239. The third-order valence-electron chi connectivity index (χ3n) is 5.09. The standard InChI is InChI=1S/C24H28N4O5S/c1-33-18-9-5-16(6-10-18)22(27-20(29)15-28-21(30)13-14-25-24(28)32)23(31)26-17-7-11-19(12-8-17)34(2,3)4/h5-14,22H,15H2,1-4H3,(H,25,32)(H,26,31)(H,27,29). The summed E-state index contributed by atoms with van der Waals surface area (Å²) in [7, 11) is 0.623. The monoisotopic (exact) mass is 484 g/mol. The van der Waals surface area contributed by atoms with E-state index in [4.69, 9.17) is 4.74 Å². The van der Waals surface area contributed by atoms with E-state index in [0.717, 1.165) is 10.6 Å². The molecule has 2 aromatic carbocycles. The van der Waals surface area contributed by atoms with Crippen LogP contribution in [0.3, 0.4) is 0 Å². The van der Waals surface area contributed by atoms with Gasteiger partial charge in [0.15, 0.2) is 0 Å². The summed E-state index contributed by atoms with van der Waals surface area (Å²) in [6.07, 6.45) is 7.75. The highest BCUT2D eigenvalue weighted by Crippen LogP contribution is 2.45. The minimum absolute atomic E-state index is 0.469. The van der Waals surface area contributed by atoms with Gasteiger partial charge in [-0.1, -0.05) is 12.1 Å². The van der Waals surface area contributed by atoms with Crippen molar-refractivity contribution in [3.8, 4) is 5.75 Å². The molecule has 0 aliphatic heterocycles. The van der Waals surface area contributed by atoms with Gasteiger partial charge < -0.3 is 20.4 Å². The highest BCUT2D eigenvalue weighted by Gasteiger charge is 2.24. The van der Waals surface area contributed by atoms with Gasteiger partial charge in [0.05, 0.1) is 7.11 Å². The molecular weight excluding hydrogens is 456 g/mol. The second-order valence-corrected chi connectivity index (χ2v) is 12.5. The molecule has 0 saturated heterocycles. The van der Waals surface area contributed by atoms with Crippen molar-refractivity contribution >= 4 is 27.5 Å². The van der Waals surface area contributed by atoms with Crippen LogP contribution in [0.25, 0.3) is 0 Å². The fourth-order valence-corrected chi connectivity index (χ4v) is 4.16. The summed E-state index contributed by atoms with van der Waals surface area (Å²) >= 11 is 0. The molecule has 0 radical (unpaired) electrons. The zero-order chi connectivity index (χ0) is 24.9. The minimum Gasteiger partial charge on any atom is -0.497 e. The van der Waals surface area contributed by atoms with Crippen molar-refractivity contribution in [2.75, 3.05) is 31.2 Å². The quantitative estimate of drug-likeness (QED) is 0.452. The van der Waals surface area contributed by atoms with Crippen LogP contribution in [-0.4, -0.2) is 47.2 Å². The van der Waals surface area contributed by atoms with Gasteiger partial charge in [-0.15, -0.1) is 0 Å². The van der Waals surface area contributed by atoms with E-state index in [2.05, 4.69) is 34.4 Å². The highest BCUT2D eigenvalue weighted by atomic mass is 32.3. The highest BCUT2D eigenvalue weighted by molar-refractivity contribution is 8.32. The van der Waals surface area contributed by atoms with Crippen molar-refractivity contribution < 1.29 is 14.3 Å². The molecule has 3 rings (SSSR count). The molecule has 0 aliphatic rings. The number of hydrogen-bond donors (Lipinski definition) is 3. The Labute approximate surface area is 198 Å². The van der Waals surface area contributed by atoms with Crippen LogP contribution in [0, 0.1) is 0 Å². The fourth-order valence-electron chi connectivity index (χ4n) is 3.21. The van der Waals surface area contributed by atoms with Crippen molar-refractivity contribution in [1.29, 1.82) is 0 Å². The van der Waals surface area contributed by atoms with Gasteiger partial charge in [-0.25, -0.2) is 14.8 Å². The van der Waals surface area contributed by atoms with Crippen LogP contribution in [0.2, 0.25) is 0 Å². The first-order chi connectivity index (χ1) is 16.1. The van der Waals surface area contributed by atoms with E-state index >= 15 is 0 Å². The number of ether oxygens (including phenoxy) is 1. The Bertz CT molecular complexity index is 1250. The van der Waals surface area contributed by atoms with E-state index in [1.165, 1.54) is 18.2 Å². The first-order valence-electron chi connectivity index (χ1n) is 10.4. The maximum Gasteiger partial charge on any atom is 0.328 e. The second kappa shape index (κ2) is 10.4. The molecule has 0 spiro atoms. The summed E-state index contributed by atoms with van der Waals surface area (Å²) in [6, 6.07) is 14.3. The average molecular weight is 485 g/mol. The normalized spacial score (nSPS) is 12.5. The van der Waals surface area contributed by atoms with E-state index in [9.17, 15) is 19.2 Å². The average Bonchev–Trinajstić information content (AvgIpc) is 2.80. The molecule has 2 amide bonds. The smallest absolute Gasteiger partial charge is 0.328 e. The van der Waals surface area contributed by atoms with Crippen LogP contribution in [-0.2, 0) is 16.1 Å². The molecule has 3 aromatic rings. The number of hydrogen-bond acceptors (Lipinski definition) is 5. The molecule has 0 fully saturated rings. The number of anilines is 1. The largest absolute Gasteiger partial charge is 0.497 e. The number of nitrogens with one attached hydrogen (secondary N) is 3. The number of H-pyrrole nitrogens is 1. The Kier molecular flexibility index (Phi) is 7.62. The lowest BCUT2D eigenvalue weighted by Crippen LogP contribution is -2.43. The zero-order valence-corrected chi connectivity index (χ0v) is 20.3. The van der Waals surface area contributed by atoms with Crippen LogP contribution in [0.4, 0.5) is 5.69 Å². The first kappa shape index (κ1) is 24.8. The predicted octanol–water partition coefficient (Wildman–Crippen LogP) is 2.09. The molecule has 0 aliphatic carbocycles. The van der Waals surface area contributed by atoms with Crippen LogP contribution in [0.15, 0.2) is 75.3 Å². The number of carbonyl (C=O) groups excluding carboxylic acids is 2. The molecule has 1 atom stereocenters. The number of rotatable bonds is 8. The van der Waals surface area contributed by atoms with Crippen LogP contribution in [0.5, 0.6) is 5.75 Å². The number of nitrogens with zero attached hydrogens (tertiary/aromatic N) is 1. The topological polar surface area (TPSA) is 122 Å². The molecule has 180 valence electrons. The number of amides is 2. The van der Waals surface area contributed by atoms with Crippen molar-refractivity contribution in [3.05, 3.63) is 87.2 Å². The Hall–Kier alpha value is -3.79. The van der Waals surface area contributed by atoms with Crippen molar-refractivity contribution in [2.24, 2.45) is 0 Å². The zero-order valence-electron chi connectivity index (χ0n) is 19.5. The minimum atomic E-state index is -1.06. The van der Waals surface area contributed by atoms with Gasteiger partial charge in [-0.3, -0.25) is 19.0 Å². The van der Waals surface area contributed by atoms with Gasteiger partial charge in [0.2, 0.25) is 5.91 Å². The molecule has 1 heterocycles. The summed E-state index contributed by atoms with van der Waals surface area (Å²) in [4.78, 5) is 53.3. The Morgan fingerprint density at radius 3 is 2.21 bits per heavy atom. The third-order valence-corrected chi connectivity index (χ3v) is 6.78. The molecule has 10 heteroatoms. The number of aromatic amines is 1. The van der Waals surface area contributed by atoms with Crippen LogP contribution in [0.1, 0.15) is 11.6 Å². The fraction of sp³-hybridized carbons (Fsp3) is 0.250. The van der Waals surface area contributed by atoms with Gasteiger partial charge in [0.1, 0.15) is 18.3 Å². The van der Waals surface area contributed by atoms with Gasteiger partial charge >= 0.3 is 5.69 Å². The van der Waals surface area contributed by atoms with E-state index in [-0.39, 0.29) is 0 Å². The lowest BCUT2D eigenvalue weighted by Gasteiger charge is -2.26. The lowest BCUT2D eigenvalue weighted by molar-refractivity contribution is -0.127. The van der Waals surface area contributed by atoms with Crippen molar-refractivity contribution in [1.82, 2.24) is 14.9 Å². The maximum absolute atomic E-state index is 13.2. The summed E-state index contributed by atoms with van der Waals surface area (Å²) in [5.74, 6) is -0.540. The van der Waals surface area contributed by atoms with Gasteiger partial charge in [0.25, 0.3) is 11.5 Å². The van der Waals surface area contributed by atoms with Crippen molar-refractivity contribution in [2.45, 2.75) is 17.5 Å². The lowest BCUT2D eigenvalue weighted by atomic mass is 10.1. The first-order valence-corrected chi connectivity index (χ1v) is 13.3. The van der Waals surface area contributed by atoms with E-state index < -0.39 is 45.7 Å². The number of aromatic nitrogens is 2. The summed E-state index contributed by atoms with van der Waals surface area (Å²) in [6.45, 7) is -0.530. The van der Waals surface area contributed by atoms with Gasteiger partial charge in [-0.05, 0) is 65.6 Å². The molecule has 1 aromatic heterocycles. The Morgan fingerprint density at radius 1 is 1.00 bits per heavy atom. The SMILES string of the molecule is COc1ccc(C(NC(=O)Cn2c(=O)cc[nH]c2=O)C(=O)Nc2ccc(S(C)(C)C)cc2)cc1.